The molecule has 0 aliphatic rings. The molecule has 228 valence electrons. The SMILES string of the molecule is N#Cc1cccc(-c2cc(-c3cc(-c4cccc5ccccc45)cc(-c4cccc5c4sc4ccccc45)c3)nc(-c3ccccc3)n2)c1. The molecular weight excluding hydrogens is 615 g/mol. The molecule has 0 N–H and O–H groups in total. The standard InChI is InChI=1S/C45H27N3S/c46-28-29-11-8-16-32(23-29)41-27-42(48-45(47-41)31-13-2-1-3-14-31)35-25-33(37-19-9-15-30-12-4-5-17-36(30)37)24-34(26-35)38-20-10-21-40-39-18-6-7-22-43(39)49-44(38)40/h1-27H. The minimum Gasteiger partial charge on any atom is -0.228 e. The summed E-state index contributed by atoms with van der Waals surface area (Å²) in [4.78, 5) is 10.2. The topological polar surface area (TPSA) is 49.6 Å². The molecule has 0 saturated carbocycles. The van der Waals surface area contributed by atoms with Crippen LogP contribution < -0.4 is 0 Å². The lowest BCUT2D eigenvalue weighted by Gasteiger charge is -2.15. The van der Waals surface area contributed by atoms with Gasteiger partial charge in [0.05, 0.1) is 23.0 Å². The average molecular weight is 642 g/mol. The Labute approximate surface area is 288 Å². The summed E-state index contributed by atoms with van der Waals surface area (Å²) in [5.74, 6) is 0.638. The highest BCUT2D eigenvalue weighted by molar-refractivity contribution is 7.26. The van der Waals surface area contributed by atoms with Gasteiger partial charge < -0.3 is 0 Å². The Morgan fingerprint density at radius 1 is 0.449 bits per heavy atom. The minimum absolute atomic E-state index is 0.593. The highest BCUT2D eigenvalue weighted by Gasteiger charge is 2.17. The van der Waals surface area contributed by atoms with Crippen LogP contribution in [0.2, 0.25) is 0 Å². The number of rotatable bonds is 5. The van der Waals surface area contributed by atoms with Crippen molar-refractivity contribution in [3.8, 4) is 62.2 Å². The van der Waals surface area contributed by atoms with Crippen LogP contribution in [0.4, 0.5) is 0 Å². The number of hydrogen-bond donors (Lipinski definition) is 0. The van der Waals surface area contributed by atoms with Crippen LogP contribution in [0.1, 0.15) is 5.56 Å². The maximum Gasteiger partial charge on any atom is 0.160 e. The van der Waals surface area contributed by atoms with Crippen molar-refractivity contribution in [1.29, 1.82) is 5.26 Å². The van der Waals surface area contributed by atoms with Crippen LogP contribution in [0, 0.1) is 11.3 Å². The van der Waals surface area contributed by atoms with E-state index >= 15 is 0 Å². The molecule has 0 amide bonds. The highest BCUT2D eigenvalue weighted by Crippen LogP contribution is 2.43. The molecule has 3 nitrogen and oxygen atoms in total. The van der Waals surface area contributed by atoms with Crippen molar-refractivity contribution in [2.45, 2.75) is 0 Å². The molecule has 9 rings (SSSR count). The predicted molar refractivity (Wildman–Crippen MR) is 204 cm³/mol. The summed E-state index contributed by atoms with van der Waals surface area (Å²) >= 11 is 1.84. The van der Waals surface area contributed by atoms with Crippen LogP contribution in [-0.2, 0) is 0 Å². The zero-order valence-electron chi connectivity index (χ0n) is 26.3. The Morgan fingerprint density at radius 3 is 1.92 bits per heavy atom. The highest BCUT2D eigenvalue weighted by atomic mass is 32.1. The summed E-state index contributed by atoms with van der Waals surface area (Å²) in [5.41, 5.74) is 9.60. The van der Waals surface area contributed by atoms with Gasteiger partial charge in [-0.15, -0.1) is 11.3 Å². The van der Waals surface area contributed by atoms with Crippen LogP contribution in [-0.4, -0.2) is 9.97 Å². The van der Waals surface area contributed by atoms with Gasteiger partial charge in [-0.2, -0.15) is 5.26 Å². The first-order valence-electron chi connectivity index (χ1n) is 16.2. The van der Waals surface area contributed by atoms with Gasteiger partial charge >= 0.3 is 0 Å². The van der Waals surface area contributed by atoms with Crippen molar-refractivity contribution in [2.75, 3.05) is 0 Å². The Kier molecular flexibility index (Phi) is 7.04. The molecule has 0 spiro atoms. The quantitative estimate of drug-likeness (QED) is 0.188. The first-order valence-corrected chi connectivity index (χ1v) is 17.0. The number of nitrogens with zero attached hydrogens (tertiary/aromatic N) is 3. The minimum atomic E-state index is 0.593. The molecule has 0 aliphatic carbocycles. The summed E-state index contributed by atoms with van der Waals surface area (Å²) in [6.45, 7) is 0. The van der Waals surface area contributed by atoms with E-state index < -0.39 is 0 Å². The van der Waals surface area contributed by atoms with E-state index in [9.17, 15) is 5.26 Å². The second kappa shape index (κ2) is 12.0. The maximum atomic E-state index is 9.67. The van der Waals surface area contributed by atoms with Crippen LogP contribution >= 0.6 is 11.3 Å². The number of thiophene rings is 1. The predicted octanol–water partition coefficient (Wildman–Crippen LogP) is 12.2. The molecule has 2 aromatic heterocycles. The third kappa shape index (κ3) is 5.23. The zero-order valence-corrected chi connectivity index (χ0v) is 27.2. The second-order valence-corrected chi connectivity index (χ2v) is 13.2. The van der Waals surface area contributed by atoms with Gasteiger partial charge in [0.25, 0.3) is 0 Å². The molecule has 49 heavy (non-hydrogen) atoms. The second-order valence-electron chi connectivity index (χ2n) is 12.1. The molecule has 0 fully saturated rings. The lowest BCUT2D eigenvalue weighted by Crippen LogP contribution is -1.97. The van der Waals surface area contributed by atoms with Gasteiger partial charge in [-0.1, -0.05) is 121 Å². The average Bonchev–Trinajstić information content (AvgIpc) is 3.57. The third-order valence-corrected chi connectivity index (χ3v) is 10.3. The van der Waals surface area contributed by atoms with Gasteiger partial charge in [0.1, 0.15) is 0 Å². The monoisotopic (exact) mass is 641 g/mol. The molecule has 0 bridgehead atoms. The summed E-state index contributed by atoms with van der Waals surface area (Å²) in [5, 5.41) is 14.6. The van der Waals surface area contributed by atoms with Crippen molar-refractivity contribution in [3.63, 3.8) is 0 Å². The Bertz CT molecular complexity index is 2730. The van der Waals surface area contributed by atoms with Crippen LogP contribution in [0.25, 0.3) is 87.1 Å². The van der Waals surface area contributed by atoms with Gasteiger partial charge in [0.15, 0.2) is 5.82 Å². The Morgan fingerprint density at radius 2 is 1.06 bits per heavy atom. The largest absolute Gasteiger partial charge is 0.228 e. The molecule has 2 heterocycles. The van der Waals surface area contributed by atoms with E-state index in [1.165, 1.54) is 42.1 Å². The maximum absolute atomic E-state index is 9.67. The van der Waals surface area contributed by atoms with Crippen LogP contribution in [0.15, 0.2) is 164 Å². The summed E-state index contributed by atoms with van der Waals surface area (Å²) < 4.78 is 2.55. The van der Waals surface area contributed by atoms with E-state index in [1.807, 2.05) is 65.9 Å². The Hall–Kier alpha value is -6.41. The lowest BCUT2D eigenvalue weighted by atomic mass is 9.91. The van der Waals surface area contributed by atoms with Gasteiger partial charge in [-0.3, -0.25) is 0 Å². The molecule has 4 heteroatoms. The van der Waals surface area contributed by atoms with Crippen molar-refractivity contribution in [2.24, 2.45) is 0 Å². The van der Waals surface area contributed by atoms with E-state index in [1.54, 1.807) is 0 Å². The fraction of sp³-hybridized carbons (Fsp3) is 0. The number of fused-ring (bicyclic) bond motifs is 4. The van der Waals surface area contributed by atoms with Gasteiger partial charge in [0, 0.05) is 36.9 Å². The number of aromatic nitrogens is 2. The van der Waals surface area contributed by atoms with E-state index in [4.69, 9.17) is 9.97 Å². The fourth-order valence-electron chi connectivity index (χ4n) is 6.75. The van der Waals surface area contributed by atoms with Crippen LogP contribution in [0.5, 0.6) is 0 Å². The van der Waals surface area contributed by atoms with E-state index in [0.29, 0.717) is 11.4 Å². The van der Waals surface area contributed by atoms with E-state index in [0.717, 1.165) is 39.2 Å². The van der Waals surface area contributed by atoms with Crippen molar-refractivity contribution < 1.29 is 0 Å². The van der Waals surface area contributed by atoms with Crippen molar-refractivity contribution in [3.05, 3.63) is 169 Å². The summed E-state index contributed by atoms with van der Waals surface area (Å²) in [6, 6.07) is 59.2. The van der Waals surface area contributed by atoms with Crippen molar-refractivity contribution in [1.82, 2.24) is 9.97 Å². The van der Waals surface area contributed by atoms with Gasteiger partial charge in [-0.25, -0.2) is 9.97 Å². The molecule has 7 aromatic carbocycles. The van der Waals surface area contributed by atoms with E-state index in [2.05, 4.69) is 115 Å². The molecule has 0 unspecified atom stereocenters. The normalized spacial score (nSPS) is 11.2. The van der Waals surface area contributed by atoms with E-state index in [-0.39, 0.29) is 0 Å². The molecule has 0 aliphatic heterocycles. The number of benzene rings is 7. The first kappa shape index (κ1) is 28.8. The van der Waals surface area contributed by atoms with Gasteiger partial charge in [-0.05, 0) is 75.5 Å². The smallest absolute Gasteiger partial charge is 0.160 e. The lowest BCUT2D eigenvalue weighted by molar-refractivity contribution is 1.18. The van der Waals surface area contributed by atoms with Gasteiger partial charge in [0.2, 0.25) is 0 Å². The molecule has 0 radical (unpaired) electrons. The summed E-state index contributed by atoms with van der Waals surface area (Å²) in [6.07, 6.45) is 0. The molecule has 9 aromatic rings. The Balaban J connectivity index is 1.33. The third-order valence-electron chi connectivity index (χ3n) is 9.09. The molecule has 0 saturated heterocycles. The number of hydrogen-bond acceptors (Lipinski definition) is 4. The van der Waals surface area contributed by atoms with Crippen LogP contribution in [0.3, 0.4) is 0 Å². The zero-order chi connectivity index (χ0) is 32.7. The summed E-state index contributed by atoms with van der Waals surface area (Å²) in [7, 11) is 0. The molecular formula is C45H27N3S. The van der Waals surface area contributed by atoms with Crippen molar-refractivity contribution >= 4 is 42.3 Å². The fourth-order valence-corrected chi connectivity index (χ4v) is 7.98. The molecule has 0 atom stereocenters. The first-order chi connectivity index (χ1) is 24.2. The number of nitriles is 1.